The standard InChI is InChI=1S/C74H93N17O13/c1-44(63(75)95)82-71(103)62-27-16-36-91(62)72(104)55(26-15-35-81-74(78)79)85-67(99)57(38-46-17-6-3-7-18-46)86-64(96)54(25-14-34-80-73(76)77)84-66(98)60(41-49-29-32-53(94)33-30-49)89-70(102)61(43-92)90-69(101)59(40-48-21-10-5-11-22-48)88-68(100)58(39-47-19-8-4-9-20-47)87-65(97)56(83-45(2)93)42-50-28-31-51-23-12-13-24-52(51)37-50/h3-13,17-24,28-33,37,44,54-62,92,94H,14-16,25-27,34-36,38-43H2,1-2H3,(H2,75,95)(H,82,103)(H,83,93)(H,84,98)(H,85,99)(H,86,96)(H,87,97)(H,88,100)(H,89,102)(H,90,101)(H4,76,77,80)(H4,78,79,81)/t44-,54-,55+,56-,57+,58-,59-,60+,61+,62+/m1/s1. The minimum absolute atomic E-state index is 0.0398. The molecule has 552 valence electrons. The van der Waals surface area contributed by atoms with Crippen LogP contribution in [-0.2, 0) is 84.8 Å². The van der Waals surface area contributed by atoms with Crippen molar-refractivity contribution in [2.24, 2.45) is 38.7 Å². The van der Waals surface area contributed by atoms with Crippen molar-refractivity contribution in [3.05, 3.63) is 186 Å². The number of likely N-dealkylation sites (tertiary alicyclic amines) is 1. The number of hydrogen-bond acceptors (Lipinski definition) is 15. The Kier molecular flexibility index (Phi) is 30.4. The van der Waals surface area contributed by atoms with E-state index in [1.165, 1.54) is 43.0 Å². The molecule has 1 aliphatic heterocycles. The van der Waals surface area contributed by atoms with Crippen molar-refractivity contribution >= 4 is 87.7 Å². The maximum absolute atomic E-state index is 15.0. The van der Waals surface area contributed by atoms with Gasteiger partial charge >= 0.3 is 0 Å². The minimum atomic E-state index is -1.82. The lowest BCUT2D eigenvalue weighted by Gasteiger charge is -2.30. The van der Waals surface area contributed by atoms with Gasteiger partial charge in [0.2, 0.25) is 65.0 Å². The monoisotopic (exact) mass is 1430 g/mol. The summed E-state index contributed by atoms with van der Waals surface area (Å²) in [6.07, 6.45) is -0.0628. The number of fused-ring (bicyclic) bond motifs is 1. The van der Waals surface area contributed by atoms with Crippen LogP contribution in [-0.4, -0.2) is 179 Å². The Hall–Kier alpha value is -11.9. The fourth-order valence-electron chi connectivity index (χ4n) is 11.8. The van der Waals surface area contributed by atoms with Gasteiger partial charge in [-0.3, -0.25) is 62.7 Å². The Balaban J connectivity index is 1.14. The molecule has 0 unspecified atom stereocenters. The van der Waals surface area contributed by atoms with Gasteiger partial charge in [0, 0.05) is 58.7 Å². The second-order valence-corrected chi connectivity index (χ2v) is 25.4. The second-order valence-electron chi connectivity index (χ2n) is 25.4. The van der Waals surface area contributed by atoms with E-state index in [1.54, 1.807) is 91.0 Å². The van der Waals surface area contributed by atoms with E-state index < -0.39 is 132 Å². The molecule has 21 N–H and O–H groups in total. The summed E-state index contributed by atoms with van der Waals surface area (Å²) < 4.78 is 0. The average Bonchev–Trinajstić information content (AvgIpc) is 1.53. The molecule has 30 nitrogen and oxygen atoms in total. The number of primary amides is 1. The molecule has 1 saturated heterocycles. The van der Waals surface area contributed by atoms with Crippen LogP contribution in [0.3, 0.4) is 0 Å². The molecule has 6 aromatic rings. The van der Waals surface area contributed by atoms with Gasteiger partial charge in [-0.2, -0.15) is 0 Å². The molecular formula is C74H93N17O13. The predicted octanol–water partition coefficient (Wildman–Crippen LogP) is -0.963. The first kappa shape index (κ1) is 79.4. The van der Waals surface area contributed by atoms with Gasteiger partial charge in [0.15, 0.2) is 11.9 Å². The van der Waals surface area contributed by atoms with Gasteiger partial charge in [0.1, 0.15) is 66.2 Å². The third kappa shape index (κ3) is 25.3. The third-order valence-corrected chi connectivity index (χ3v) is 17.3. The number of hydrogen-bond donors (Lipinski definition) is 16. The Morgan fingerprint density at radius 2 is 0.808 bits per heavy atom. The first-order valence-electron chi connectivity index (χ1n) is 34.2. The summed E-state index contributed by atoms with van der Waals surface area (Å²) in [5, 5.41) is 47.2. The van der Waals surface area contributed by atoms with Gasteiger partial charge in [-0.1, -0.05) is 146 Å². The number of carbonyl (C=O) groups excluding carboxylic acids is 11. The van der Waals surface area contributed by atoms with Crippen molar-refractivity contribution in [1.82, 2.24) is 52.8 Å². The van der Waals surface area contributed by atoms with Crippen molar-refractivity contribution in [2.75, 3.05) is 26.2 Å². The minimum Gasteiger partial charge on any atom is -0.508 e. The number of aliphatic hydroxyl groups excluding tert-OH is 1. The van der Waals surface area contributed by atoms with Gasteiger partial charge in [0.25, 0.3) is 0 Å². The van der Waals surface area contributed by atoms with Gasteiger partial charge < -0.3 is 91.6 Å². The highest BCUT2D eigenvalue weighted by molar-refractivity contribution is 5.99. The maximum atomic E-state index is 15.0. The van der Waals surface area contributed by atoms with Gasteiger partial charge in [-0.05, 0) is 96.2 Å². The van der Waals surface area contributed by atoms with E-state index >= 15 is 0 Å². The highest BCUT2D eigenvalue weighted by Gasteiger charge is 2.40. The number of phenols is 1. The molecule has 1 heterocycles. The van der Waals surface area contributed by atoms with Gasteiger partial charge in [-0.25, -0.2) is 0 Å². The van der Waals surface area contributed by atoms with Crippen LogP contribution in [0.2, 0.25) is 0 Å². The van der Waals surface area contributed by atoms with Crippen LogP contribution in [0.5, 0.6) is 5.75 Å². The zero-order chi connectivity index (χ0) is 75.2. The molecule has 1 aliphatic rings. The predicted molar refractivity (Wildman–Crippen MR) is 389 cm³/mol. The molecule has 1 fully saturated rings. The number of aromatic hydroxyl groups is 1. The molecular weight excluding hydrogens is 1330 g/mol. The number of guanidine groups is 2. The molecule has 0 aromatic heterocycles. The Labute approximate surface area is 601 Å². The molecule has 0 bridgehead atoms. The number of benzene rings is 6. The number of rotatable bonds is 38. The summed E-state index contributed by atoms with van der Waals surface area (Å²) in [5.41, 5.74) is 30.7. The van der Waals surface area contributed by atoms with Crippen LogP contribution >= 0.6 is 0 Å². The van der Waals surface area contributed by atoms with Crippen LogP contribution < -0.4 is 76.5 Å². The summed E-state index contributed by atoms with van der Waals surface area (Å²) in [6, 6.07) is 30.9. The molecule has 0 aliphatic carbocycles. The number of nitrogens with one attached hydrogen (secondary N) is 9. The molecule has 6 aromatic carbocycles. The smallest absolute Gasteiger partial charge is 0.245 e. The van der Waals surface area contributed by atoms with Crippen LogP contribution in [0.4, 0.5) is 0 Å². The molecule has 10 atom stereocenters. The summed E-state index contributed by atoms with van der Waals surface area (Å²) in [4.78, 5) is 165. The zero-order valence-corrected chi connectivity index (χ0v) is 58.0. The number of aliphatic imine (C=N–C) groups is 2. The van der Waals surface area contributed by atoms with E-state index in [-0.39, 0.29) is 102 Å². The highest BCUT2D eigenvalue weighted by atomic mass is 16.3. The Morgan fingerprint density at radius 1 is 0.442 bits per heavy atom. The van der Waals surface area contributed by atoms with E-state index in [9.17, 15) is 63.0 Å². The molecule has 30 heteroatoms. The first-order chi connectivity index (χ1) is 49.8. The lowest BCUT2D eigenvalue weighted by Crippen LogP contribution is -2.61. The van der Waals surface area contributed by atoms with Crippen molar-refractivity contribution in [3.63, 3.8) is 0 Å². The van der Waals surface area contributed by atoms with Crippen molar-refractivity contribution in [2.45, 2.75) is 145 Å². The summed E-state index contributed by atoms with van der Waals surface area (Å²) in [5.74, 6) is -9.58. The summed E-state index contributed by atoms with van der Waals surface area (Å²) in [7, 11) is 0. The SMILES string of the molecule is CC(=O)N[C@H](Cc1ccc2ccccc2c1)C(=O)N[C@H](Cc1ccccc1)C(=O)N[C@H](Cc1ccccc1)C(=O)N[C@@H](CO)C(=O)N[C@@H](Cc1ccc(O)cc1)C(=O)N[C@H](CCCN=C(N)N)C(=O)N[C@@H](Cc1ccccc1)C(=O)N[C@@H](CCCN=C(N)N)C(=O)N1CCC[C@H]1C(=O)N[C@H](C)C(N)=O. The van der Waals surface area contributed by atoms with E-state index in [0.717, 1.165) is 16.3 Å². The van der Waals surface area contributed by atoms with Gasteiger partial charge in [-0.15, -0.1) is 0 Å². The Bertz CT molecular complexity index is 3990. The van der Waals surface area contributed by atoms with Crippen molar-refractivity contribution in [3.8, 4) is 5.75 Å². The lowest BCUT2D eigenvalue weighted by molar-refractivity contribution is -0.142. The molecule has 11 amide bonds. The average molecular weight is 1430 g/mol. The molecule has 104 heavy (non-hydrogen) atoms. The van der Waals surface area contributed by atoms with Crippen LogP contribution in [0, 0.1) is 0 Å². The topological polar surface area (TPSA) is 495 Å². The quantitative estimate of drug-likeness (QED) is 0.0126. The Morgan fingerprint density at radius 3 is 1.25 bits per heavy atom. The summed E-state index contributed by atoms with van der Waals surface area (Å²) >= 11 is 0. The largest absolute Gasteiger partial charge is 0.508 e. The maximum Gasteiger partial charge on any atom is 0.245 e. The van der Waals surface area contributed by atoms with Crippen LogP contribution in [0.1, 0.15) is 80.2 Å². The highest BCUT2D eigenvalue weighted by Crippen LogP contribution is 2.22. The summed E-state index contributed by atoms with van der Waals surface area (Å²) in [6.45, 7) is 1.73. The first-order valence-corrected chi connectivity index (χ1v) is 34.2. The van der Waals surface area contributed by atoms with Crippen molar-refractivity contribution in [1.29, 1.82) is 0 Å². The number of nitrogens with two attached hydrogens (primary N) is 5. The van der Waals surface area contributed by atoms with E-state index in [0.29, 0.717) is 28.7 Å². The van der Waals surface area contributed by atoms with Crippen LogP contribution in [0.15, 0.2) is 168 Å². The number of carbonyl (C=O) groups is 11. The number of phenolic OH excluding ortho intramolecular Hbond substituents is 1. The number of nitrogens with zero attached hydrogens (tertiary/aromatic N) is 3. The number of amides is 11. The van der Waals surface area contributed by atoms with E-state index in [1.807, 2.05) is 42.5 Å². The fraction of sp³-hybridized carbons (Fsp3) is 0.365. The molecule has 0 spiro atoms. The normalized spacial score (nSPS) is 15.0. The second kappa shape index (κ2) is 39.9. The zero-order valence-electron chi connectivity index (χ0n) is 58.0. The third-order valence-electron chi connectivity index (χ3n) is 17.3. The molecule has 7 rings (SSSR count). The van der Waals surface area contributed by atoms with Crippen LogP contribution in [0.25, 0.3) is 10.8 Å². The van der Waals surface area contributed by atoms with Gasteiger partial charge in [0.05, 0.1) is 6.61 Å². The van der Waals surface area contributed by atoms with E-state index in [2.05, 4.69) is 57.8 Å². The van der Waals surface area contributed by atoms with Crippen molar-refractivity contribution < 1.29 is 63.0 Å². The molecule has 0 radical (unpaired) electrons. The number of aliphatic hydroxyl groups is 1. The lowest BCUT2D eigenvalue weighted by atomic mass is 9.99. The molecule has 0 saturated carbocycles. The fourth-order valence-corrected chi connectivity index (χ4v) is 11.8. The van der Waals surface area contributed by atoms with E-state index in [4.69, 9.17) is 28.7 Å².